The van der Waals surface area contributed by atoms with Gasteiger partial charge in [-0.05, 0) is 57.3 Å². The van der Waals surface area contributed by atoms with Crippen LogP contribution in [0.4, 0.5) is 5.69 Å². The van der Waals surface area contributed by atoms with Crippen molar-refractivity contribution in [2.45, 2.75) is 19.3 Å². The summed E-state index contributed by atoms with van der Waals surface area (Å²) in [6, 6.07) is 11.1. The molecule has 2 saturated heterocycles. The monoisotopic (exact) mass is 428 g/mol. The lowest BCUT2D eigenvalue weighted by molar-refractivity contribution is 0.0424. The summed E-state index contributed by atoms with van der Waals surface area (Å²) in [4.78, 5) is 9.95. The van der Waals surface area contributed by atoms with Gasteiger partial charge in [0, 0.05) is 43.2 Å². The van der Waals surface area contributed by atoms with Gasteiger partial charge in [-0.2, -0.15) is 0 Å². The molecule has 0 radical (unpaired) electrons. The topological polar surface area (TPSA) is 40.6 Å². The van der Waals surface area contributed by atoms with E-state index < -0.39 is 0 Å². The average molecular weight is 429 g/mol. The molecule has 2 fully saturated rings. The van der Waals surface area contributed by atoms with E-state index in [0.717, 1.165) is 54.3 Å². The first-order valence-corrected chi connectivity index (χ1v) is 11.6. The van der Waals surface area contributed by atoms with Gasteiger partial charge in [-0.25, -0.2) is 4.98 Å². The molecule has 166 valence electrons. The van der Waals surface area contributed by atoms with Gasteiger partial charge in [0.15, 0.2) is 5.76 Å². The Labute approximate surface area is 190 Å². The van der Waals surface area contributed by atoms with E-state index in [1.165, 1.54) is 30.8 Å². The highest BCUT2D eigenvalue weighted by molar-refractivity contribution is 5.68. The van der Waals surface area contributed by atoms with E-state index in [0.29, 0.717) is 11.2 Å². The first-order chi connectivity index (χ1) is 15.6. The number of methoxy groups -OCH3 is 1. The standard InChI is InChI=1S/C27H32N4O/c1-28-13-4-5-20-6-8-21(9-7-20)24-16-26(23-11-10-22(32-3)15-25(23)29-24)31-14-12-27(19-31)17-30(2)18-27/h6-9,15-16,28H,4-5,12-14,17-19H2,1-3H3. The second-order valence-electron chi connectivity index (χ2n) is 9.50. The van der Waals surface area contributed by atoms with Gasteiger partial charge in [-0.3, -0.25) is 0 Å². The van der Waals surface area contributed by atoms with Crippen molar-refractivity contribution in [2.24, 2.45) is 5.41 Å². The molecule has 1 aromatic heterocycles. The number of benzene rings is 1. The van der Waals surface area contributed by atoms with Gasteiger partial charge in [0.25, 0.3) is 0 Å². The number of hydrogen-bond donors (Lipinski definition) is 1. The molecule has 0 unspecified atom stereocenters. The molecule has 3 aliphatic rings. The normalized spacial score (nSPS) is 18.6. The Morgan fingerprint density at radius 3 is 2.69 bits per heavy atom. The van der Waals surface area contributed by atoms with Crippen LogP contribution in [0.25, 0.3) is 23.1 Å². The predicted molar refractivity (Wildman–Crippen MR) is 130 cm³/mol. The highest BCUT2D eigenvalue weighted by Gasteiger charge is 2.46. The number of ether oxygens (including phenoxy) is 1. The number of aryl methyl sites for hydroxylation is 1. The number of nitrogens with zero attached hydrogens (tertiary/aromatic N) is 3. The zero-order chi connectivity index (χ0) is 22.1. The molecule has 2 aromatic rings. The summed E-state index contributed by atoms with van der Waals surface area (Å²) in [5.74, 6) is 0.673. The van der Waals surface area contributed by atoms with Crippen LogP contribution in [0.15, 0.2) is 41.8 Å². The molecule has 0 atom stereocenters. The lowest BCUT2D eigenvalue weighted by Gasteiger charge is -2.46. The molecule has 0 bridgehead atoms. The second-order valence-corrected chi connectivity index (χ2v) is 9.50. The summed E-state index contributed by atoms with van der Waals surface area (Å²) >= 11 is 0. The third kappa shape index (κ3) is 4.01. The molecule has 0 amide bonds. The number of hydrogen-bond acceptors (Lipinski definition) is 5. The Kier molecular flexibility index (Phi) is 5.67. The number of aromatic nitrogens is 1. The lowest BCUT2D eigenvalue weighted by Crippen LogP contribution is -2.55. The molecule has 1 spiro atoms. The number of nitrogens with one attached hydrogen (secondary N) is 1. The largest absolute Gasteiger partial charge is 0.489 e. The smallest absolute Gasteiger partial charge is 0.172 e. The van der Waals surface area contributed by atoms with E-state index in [1.807, 2.05) is 13.1 Å². The van der Waals surface area contributed by atoms with E-state index >= 15 is 0 Å². The fourth-order valence-corrected chi connectivity index (χ4v) is 5.38. The van der Waals surface area contributed by atoms with Gasteiger partial charge in [0.2, 0.25) is 0 Å². The van der Waals surface area contributed by atoms with Gasteiger partial charge in [0.1, 0.15) is 0 Å². The average Bonchev–Trinajstić information content (AvgIpc) is 3.23. The number of rotatable bonds is 7. The summed E-state index contributed by atoms with van der Waals surface area (Å²) in [5, 5.41) is 5.16. The second kappa shape index (κ2) is 8.61. The third-order valence-electron chi connectivity index (χ3n) is 6.96. The molecule has 1 aromatic carbocycles. The highest BCUT2D eigenvalue weighted by atomic mass is 16.5. The van der Waals surface area contributed by atoms with E-state index in [-0.39, 0.29) is 0 Å². The van der Waals surface area contributed by atoms with Crippen LogP contribution in [0.3, 0.4) is 0 Å². The van der Waals surface area contributed by atoms with Crippen LogP contribution >= 0.6 is 0 Å². The van der Waals surface area contributed by atoms with Crippen molar-refractivity contribution >= 4 is 17.5 Å². The molecule has 5 heteroatoms. The number of anilines is 1. The molecule has 2 aliphatic heterocycles. The van der Waals surface area contributed by atoms with E-state index in [1.54, 1.807) is 7.11 Å². The fraction of sp³-hybridized carbons (Fsp3) is 0.444. The molecule has 0 saturated carbocycles. The van der Waals surface area contributed by atoms with Crippen molar-refractivity contribution in [3.8, 4) is 11.3 Å². The Morgan fingerprint density at radius 2 is 1.97 bits per heavy atom. The van der Waals surface area contributed by atoms with Crippen LogP contribution < -0.4 is 20.8 Å². The van der Waals surface area contributed by atoms with Gasteiger partial charge in [0.05, 0.1) is 29.1 Å². The third-order valence-corrected chi connectivity index (χ3v) is 6.96. The fourth-order valence-electron chi connectivity index (χ4n) is 5.38. The Bertz CT molecular complexity index is 1200. The van der Waals surface area contributed by atoms with Crippen molar-refractivity contribution in [3.63, 3.8) is 0 Å². The van der Waals surface area contributed by atoms with Crippen molar-refractivity contribution < 1.29 is 4.74 Å². The van der Waals surface area contributed by atoms with Gasteiger partial charge in [-0.1, -0.05) is 30.0 Å². The van der Waals surface area contributed by atoms with Crippen molar-refractivity contribution in [1.82, 2.24) is 15.2 Å². The maximum absolute atomic E-state index is 5.42. The van der Waals surface area contributed by atoms with Crippen LogP contribution in [0.1, 0.15) is 18.4 Å². The Balaban J connectivity index is 1.51. The molecule has 1 aliphatic carbocycles. The van der Waals surface area contributed by atoms with E-state index in [9.17, 15) is 0 Å². The van der Waals surface area contributed by atoms with Gasteiger partial charge >= 0.3 is 0 Å². The van der Waals surface area contributed by atoms with Crippen LogP contribution in [0.2, 0.25) is 0 Å². The molecule has 5 rings (SSSR count). The Hall–Kier alpha value is -2.81. The molecule has 32 heavy (non-hydrogen) atoms. The summed E-state index contributed by atoms with van der Waals surface area (Å²) in [7, 11) is 5.88. The minimum Gasteiger partial charge on any atom is -0.489 e. The zero-order valence-corrected chi connectivity index (χ0v) is 19.4. The van der Waals surface area contributed by atoms with Crippen molar-refractivity contribution in [3.05, 3.63) is 58.0 Å². The van der Waals surface area contributed by atoms with Gasteiger partial charge < -0.3 is 19.9 Å². The summed E-state index contributed by atoms with van der Waals surface area (Å²) in [6.07, 6.45) is 5.46. The van der Waals surface area contributed by atoms with Gasteiger partial charge in [-0.15, -0.1) is 0 Å². The summed E-state index contributed by atoms with van der Waals surface area (Å²) < 4.78 is 5.42. The zero-order valence-electron chi connectivity index (χ0n) is 19.4. The van der Waals surface area contributed by atoms with Crippen molar-refractivity contribution in [1.29, 1.82) is 0 Å². The van der Waals surface area contributed by atoms with Crippen molar-refractivity contribution in [2.75, 3.05) is 58.8 Å². The minimum atomic E-state index is 0.440. The highest BCUT2D eigenvalue weighted by Crippen LogP contribution is 2.40. The van der Waals surface area contributed by atoms with Crippen LogP contribution in [-0.4, -0.2) is 63.8 Å². The van der Waals surface area contributed by atoms with Crippen LogP contribution in [0, 0.1) is 5.41 Å². The number of pyridine rings is 1. The minimum absolute atomic E-state index is 0.440. The first kappa shape index (κ1) is 21.1. The molecular formula is C27H32N4O. The first-order valence-electron chi connectivity index (χ1n) is 11.6. The SMILES string of the molecule is CNCCCc1ccc(-c2cc(N3CCC4(CN(C)C4)C3)c3c(n2)=CC(OC)=C=C=3)cc1. The summed E-state index contributed by atoms with van der Waals surface area (Å²) in [5.41, 5.74) is 11.7. The maximum atomic E-state index is 5.42. The van der Waals surface area contributed by atoms with Crippen LogP contribution in [0.5, 0.6) is 0 Å². The van der Waals surface area contributed by atoms with E-state index in [2.05, 4.69) is 64.0 Å². The number of fused-ring (bicyclic) bond motifs is 1. The number of allylic oxidation sites excluding steroid dienone is 1. The summed E-state index contributed by atoms with van der Waals surface area (Å²) in [6.45, 7) is 5.60. The van der Waals surface area contributed by atoms with E-state index in [4.69, 9.17) is 9.72 Å². The Morgan fingerprint density at radius 1 is 1.16 bits per heavy atom. The molecule has 3 heterocycles. The predicted octanol–water partition coefficient (Wildman–Crippen LogP) is 1.90. The molecule has 5 nitrogen and oxygen atoms in total. The lowest BCUT2D eigenvalue weighted by atomic mass is 9.79. The molecular weight excluding hydrogens is 396 g/mol. The van der Waals surface area contributed by atoms with Crippen LogP contribution in [-0.2, 0) is 11.2 Å². The maximum Gasteiger partial charge on any atom is 0.172 e. The molecule has 1 N–H and O–H groups in total. The quantitative estimate of drug-likeness (QED) is 0.539. The number of likely N-dealkylation sites (tertiary alicyclic amines) is 1.